The van der Waals surface area contributed by atoms with Crippen molar-refractivity contribution in [3.63, 3.8) is 0 Å². The lowest BCUT2D eigenvalue weighted by Gasteiger charge is -2.28. The Kier molecular flexibility index (Phi) is 4.43. The molecule has 2 aromatic heterocycles. The van der Waals surface area contributed by atoms with E-state index < -0.39 is 0 Å². The normalized spacial score (nSPS) is 12.8. The molecule has 2 heterocycles. The van der Waals surface area contributed by atoms with Gasteiger partial charge in [0.05, 0.1) is 5.69 Å². The number of fused-ring (bicyclic) bond motifs is 1. The Morgan fingerprint density at radius 3 is 2.79 bits per heavy atom. The van der Waals surface area contributed by atoms with Crippen LogP contribution >= 0.6 is 0 Å². The molecular weight excluding hydrogens is 236 g/mol. The molecule has 0 spiro atoms. The van der Waals surface area contributed by atoms with Crippen LogP contribution in [0.5, 0.6) is 0 Å². The number of nitrogens with zero attached hydrogens (tertiary/aromatic N) is 3. The summed E-state index contributed by atoms with van der Waals surface area (Å²) in [5, 5.41) is 3.25. The highest BCUT2D eigenvalue weighted by molar-refractivity contribution is 5.56. The summed E-state index contributed by atoms with van der Waals surface area (Å²) in [6, 6.07) is 6.66. The van der Waals surface area contributed by atoms with Crippen molar-refractivity contribution in [2.45, 2.75) is 39.8 Å². The Morgan fingerprint density at radius 1 is 1.37 bits per heavy atom. The summed E-state index contributed by atoms with van der Waals surface area (Å²) in [7, 11) is 1.98. The van der Waals surface area contributed by atoms with Crippen molar-refractivity contribution in [3.05, 3.63) is 30.1 Å². The molecule has 104 valence electrons. The number of hydrogen-bond acceptors (Lipinski definition) is 3. The second-order valence-corrected chi connectivity index (χ2v) is 4.88. The SMILES string of the molecule is CCC(C)N(CC)c1nc2ccccn2c1CNC. The van der Waals surface area contributed by atoms with E-state index >= 15 is 0 Å². The fraction of sp³-hybridized carbons (Fsp3) is 0.533. The molecule has 1 atom stereocenters. The Morgan fingerprint density at radius 2 is 2.16 bits per heavy atom. The highest BCUT2D eigenvalue weighted by Gasteiger charge is 2.19. The summed E-state index contributed by atoms with van der Waals surface area (Å²) in [6.07, 6.45) is 3.21. The van der Waals surface area contributed by atoms with Gasteiger partial charge in [0.15, 0.2) is 5.82 Å². The van der Waals surface area contributed by atoms with Gasteiger partial charge in [0.1, 0.15) is 5.65 Å². The molecule has 0 bridgehead atoms. The maximum atomic E-state index is 4.82. The molecule has 1 unspecified atom stereocenters. The first kappa shape index (κ1) is 13.9. The number of nitrogens with one attached hydrogen (secondary N) is 1. The maximum absolute atomic E-state index is 4.82. The molecule has 0 radical (unpaired) electrons. The van der Waals surface area contributed by atoms with Crippen LogP contribution in [0.1, 0.15) is 32.9 Å². The van der Waals surface area contributed by atoms with Gasteiger partial charge in [-0.25, -0.2) is 4.98 Å². The molecule has 0 saturated heterocycles. The van der Waals surface area contributed by atoms with Crippen LogP contribution in [0.3, 0.4) is 0 Å². The molecule has 19 heavy (non-hydrogen) atoms. The van der Waals surface area contributed by atoms with Crippen molar-refractivity contribution < 1.29 is 0 Å². The second-order valence-electron chi connectivity index (χ2n) is 4.88. The molecule has 0 amide bonds. The van der Waals surface area contributed by atoms with Crippen LogP contribution in [0, 0.1) is 0 Å². The van der Waals surface area contributed by atoms with Gasteiger partial charge < -0.3 is 14.6 Å². The number of anilines is 1. The Balaban J connectivity index is 2.54. The zero-order valence-corrected chi connectivity index (χ0v) is 12.3. The number of rotatable bonds is 6. The first-order chi connectivity index (χ1) is 9.22. The van der Waals surface area contributed by atoms with Gasteiger partial charge in [-0.05, 0) is 39.4 Å². The van der Waals surface area contributed by atoms with Gasteiger partial charge >= 0.3 is 0 Å². The summed E-state index contributed by atoms with van der Waals surface area (Å²) >= 11 is 0. The molecular formula is C15H24N4. The fourth-order valence-corrected chi connectivity index (χ4v) is 2.49. The second kappa shape index (κ2) is 6.06. The van der Waals surface area contributed by atoms with Crippen LogP contribution in [-0.4, -0.2) is 29.0 Å². The van der Waals surface area contributed by atoms with Crippen molar-refractivity contribution in [2.75, 3.05) is 18.5 Å². The van der Waals surface area contributed by atoms with Crippen molar-refractivity contribution in [1.82, 2.24) is 14.7 Å². The van der Waals surface area contributed by atoms with Gasteiger partial charge in [0, 0.05) is 25.3 Å². The zero-order valence-electron chi connectivity index (χ0n) is 12.3. The van der Waals surface area contributed by atoms with Gasteiger partial charge in [-0.15, -0.1) is 0 Å². The number of imidazole rings is 1. The van der Waals surface area contributed by atoms with E-state index in [0.29, 0.717) is 6.04 Å². The van der Waals surface area contributed by atoms with E-state index in [1.165, 1.54) is 5.69 Å². The summed E-state index contributed by atoms with van der Waals surface area (Å²) in [6.45, 7) is 8.49. The summed E-state index contributed by atoms with van der Waals surface area (Å²) in [5.74, 6) is 1.11. The minimum absolute atomic E-state index is 0.505. The largest absolute Gasteiger partial charge is 0.353 e. The van der Waals surface area contributed by atoms with Gasteiger partial charge in [-0.2, -0.15) is 0 Å². The Bertz CT molecular complexity index is 532. The van der Waals surface area contributed by atoms with Crippen LogP contribution in [0.15, 0.2) is 24.4 Å². The van der Waals surface area contributed by atoms with E-state index in [2.05, 4.69) is 53.7 Å². The highest BCUT2D eigenvalue weighted by atomic mass is 15.2. The lowest BCUT2D eigenvalue weighted by Crippen LogP contribution is -2.33. The molecule has 0 aromatic carbocycles. The minimum atomic E-state index is 0.505. The van der Waals surface area contributed by atoms with Crippen LogP contribution in [-0.2, 0) is 6.54 Å². The third-order valence-electron chi connectivity index (χ3n) is 3.69. The monoisotopic (exact) mass is 260 g/mol. The van der Waals surface area contributed by atoms with Crippen LogP contribution in [0.25, 0.3) is 5.65 Å². The Hall–Kier alpha value is -1.55. The fourth-order valence-electron chi connectivity index (χ4n) is 2.49. The van der Waals surface area contributed by atoms with Gasteiger partial charge in [0.25, 0.3) is 0 Å². The quantitative estimate of drug-likeness (QED) is 0.866. The van der Waals surface area contributed by atoms with E-state index in [-0.39, 0.29) is 0 Å². The van der Waals surface area contributed by atoms with Crippen LogP contribution < -0.4 is 10.2 Å². The molecule has 0 aliphatic carbocycles. The third kappa shape index (κ3) is 2.59. The number of aromatic nitrogens is 2. The third-order valence-corrected chi connectivity index (χ3v) is 3.69. The van der Waals surface area contributed by atoms with Crippen LogP contribution in [0.4, 0.5) is 5.82 Å². The van der Waals surface area contributed by atoms with E-state index in [4.69, 9.17) is 4.98 Å². The van der Waals surface area contributed by atoms with Crippen molar-refractivity contribution >= 4 is 11.5 Å². The lowest BCUT2D eigenvalue weighted by atomic mass is 10.2. The lowest BCUT2D eigenvalue weighted by molar-refractivity contribution is 0.618. The predicted octanol–water partition coefficient (Wildman–Crippen LogP) is 2.68. The van der Waals surface area contributed by atoms with Crippen molar-refractivity contribution in [1.29, 1.82) is 0 Å². The highest BCUT2D eigenvalue weighted by Crippen LogP contribution is 2.24. The summed E-state index contributed by atoms with van der Waals surface area (Å²) in [5.41, 5.74) is 2.25. The molecule has 2 aromatic rings. The summed E-state index contributed by atoms with van der Waals surface area (Å²) in [4.78, 5) is 7.21. The first-order valence-electron chi connectivity index (χ1n) is 7.10. The molecule has 0 fully saturated rings. The molecule has 2 rings (SSSR count). The van der Waals surface area contributed by atoms with E-state index in [9.17, 15) is 0 Å². The molecule has 4 heteroatoms. The summed E-state index contributed by atoms with van der Waals surface area (Å²) < 4.78 is 2.18. The topological polar surface area (TPSA) is 32.6 Å². The standard InChI is InChI=1S/C15H24N4/c1-5-12(3)18(6-2)15-13(11-16-4)19-10-8-7-9-14(19)17-15/h7-10,12,16H,5-6,11H2,1-4H3. The van der Waals surface area contributed by atoms with Gasteiger partial charge in [-0.3, -0.25) is 0 Å². The van der Waals surface area contributed by atoms with E-state index in [0.717, 1.165) is 31.0 Å². The average Bonchev–Trinajstić information content (AvgIpc) is 2.79. The van der Waals surface area contributed by atoms with Gasteiger partial charge in [-0.1, -0.05) is 13.0 Å². The predicted molar refractivity (Wildman–Crippen MR) is 80.7 cm³/mol. The first-order valence-corrected chi connectivity index (χ1v) is 7.10. The molecule has 0 aliphatic heterocycles. The van der Waals surface area contributed by atoms with Crippen LogP contribution in [0.2, 0.25) is 0 Å². The van der Waals surface area contributed by atoms with Crippen molar-refractivity contribution in [3.8, 4) is 0 Å². The zero-order chi connectivity index (χ0) is 13.8. The van der Waals surface area contributed by atoms with Gasteiger partial charge in [0.2, 0.25) is 0 Å². The Labute approximate surface area is 115 Å². The molecule has 0 aliphatic rings. The molecule has 0 saturated carbocycles. The molecule has 4 nitrogen and oxygen atoms in total. The smallest absolute Gasteiger partial charge is 0.152 e. The molecule has 1 N–H and O–H groups in total. The van der Waals surface area contributed by atoms with Crippen molar-refractivity contribution in [2.24, 2.45) is 0 Å². The van der Waals surface area contributed by atoms with E-state index in [1.807, 2.05) is 13.1 Å². The number of pyridine rings is 1. The number of hydrogen-bond donors (Lipinski definition) is 1. The maximum Gasteiger partial charge on any atom is 0.152 e. The average molecular weight is 260 g/mol. The van der Waals surface area contributed by atoms with E-state index in [1.54, 1.807) is 0 Å². The minimum Gasteiger partial charge on any atom is -0.353 e.